The van der Waals surface area contributed by atoms with E-state index in [1.807, 2.05) is 12.1 Å². The van der Waals surface area contributed by atoms with Gasteiger partial charge >= 0.3 is 0 Å². The van der Waals surface area contributed by atoms with Crippen molar-refractivity contribution in [3.63, 3.8) is 0 Å². The Bertz CT molecular complexity index is 726. The second-order valence-corrected chi connectivity index (χ2v) is 6.25. The third-order valence-electron chi connectivity index (χ3n) is 3.51. The van der Waals surface area contributed by atoms with Crippen molar-refractivity contribution < 1.29 is 9.59 Å². The van der Waals surface area contributed by atoms with Gasteiger partial charge in [0.05, 0.1) is 0 Å². The van der Waals surface area contributed by atoms with Crippen LogP contribution in [0.2, 0.25) is 0 Å². The van der Waals surface area contributed by atoms with E-state index in [4.69, 9.17) is 0 Å². The van der Waals surface area contributed by atoms with Gasteiger partial charge in [-0.1, -0.05) is 13.8 Å². The zero-order valence-corrected chi connectivity index (χ0v) is 14.8. The molecule has 2 rings (SSSR count). The molecule has 0 unspecified atom stereocenters. The summed E-state index contributed by atoms with van der Waals surface area (Å²) < 4.78 is 0. The molecule has 0 bridgehead atoms. The lowest BCUT2D eigenvalue weighted by Gasteiger charge is -2.10. The Kier molecular flexibility index (Phi) is 6.51. The summed E-state index contributed by atoms with van der Waals surface area (Å²) in [6.07, 6.45) is 2.55. The SMILES string of the molecule is CC(=O)Nc1ccc(Nc2cc(C(=O)NCCC(C)C)ccn2)cc1. The molecule has 0 spiro atoms. The third kappa shape index (κ3) is 6.25. The van der Waals surface area contributed by atoms with Gasteiger partial charge in [-0.05, 0) is 48.7 Å². The standard InChI is InChI=1S/C19H24N4O2/c1-13(2)8-10-21-19(25)15-9-11-20-18(12-15)23-17-6-4-16(5-7-17)22-14(3)24/h4-7,9,11-13H,8,10H2,1-3H3,(H,20,23)(H,21,25)(H,22,24). The van der Waals surface area contributed by atoms with Crippen molar-refractivity contribution in [2.45, 2.75) is 27.2 Å². The van der Waals surface area contributed by atoms with E-state index in [2.05, 4.69) is 34.8 Å². The fraction of sp³-hybridized carbons (Fsp3) is 0.316. The first-order valence-electron chi connectivity index (χ1n) is 8.33. The van der Waals surface area contributed by atoms with Gasteiger partial charge in [-0.2, -0.15) is 0 Å². The molecule has 0 saturated heterocycles. The van der Waals surface area contributed by atoms with Crippen LogP contribution in [-0.4, -0.2) is 23.3 Å². The van der Waals surface area contributed by atoms with E-state index in [1.165, 1.54) is 6.92 Å². The molecule has 1 aromatic carbocycles. The largest absolute Gasteiger partial charge is 0.352 e. The number of pyridine rings is 1. The number of hydrogen-bond acceptors (Lipinski definition) is 4. The molecule has 2 aromatic rings. The molecule has 2 amide bonds. The topological polar surface area (TPSA) is 83.1 Å². The van der Waals surface area contributed by atoms with E-state index in [9.17, 15) is 9.59 Å². The van der Waals surface area contributed by atoms with Crippen molar-refractivity contribution in [3.05, 3.63) is 48.2 Å². The van der Waals surface area contributed by atoms with Crippen LogP contribution in [0.15, 0.2) is 42.6 Å². The first-order valence-corrected chi connectivity index (χ1v) is 8.33. The average molecular weight is 340 g/mol. The van der Waals surface area contributed by atoms with Crippen LogP contribution in [0.25, 0.3) is 0 Å². The number of amides is 2. The highest BCUT2D eigenvalue weighted by molar-refractivity contribution is 5.95. The second-order valence-electron chi connectivity index (χ2n) is 6.25. The first-order chi connectivity index (χ1) is 11.9. The van der Waals surface area contributed by atoms with Gasteiger partial charge in [0.1, 0.15) is 5.82 Å². The summed E-state index contributed by atoms with van der Waals surface area (Å²) in [5.74, 6) is 0.921. The Hall–Kier alpha value is -2.89. The molecular formula is C19H24N4O2. The molecule has 3 N–H and O–H groups in total. The number of benzene rings is 1. The maximum absolute atomic E-state index is 12.2. The van der Waals surface area contributed by atoms with Crippen LogP contribution in [0.1, 0.15) is 37.6 Å². The second kappa shape index (κ2) is 8.82. The van der Waals surface area contributed by atoms with Gasteiger partial charge in [0.15, 0.2) is 0 Å². The van der Waals surface area contributed by atoms with Gasteiger partial charge < -0.3 is 16.0 Å². The minimum atomic E-state index is -0.112. The van der Waals surface area contributed by atoms with Crippen molar-refractivity contribution >= 4 is 29.0 Å². The van der Waals surface area contributed by atoms with E-state index in [0.29, 0.717) is 23.8 Å². The number of nitrogens with one attached hydrogen (secondary N) is 3. The van der Waals surface area contributed by atoms with Gasteiger partial charge in [-0.15, -0.1) is 0 Å². The average Bonchev–Trinajstić information content (AvgIpc) is 2.56. The molecule has 6 nitrogen and oxygen atoms in total. The molecule has 0 atom stereocenters. The van der Waals surface area contributed by atoms with Crippen LogP contribution in [0, 0.1) is 5.92 Å². The zero-order valence-electron chi connectivity index (χ0n) is 14.8. The Morgan fingerprint density at radius 1 is 1.08 bits per heavy atom. The fourth-order valence-electron chi connectivity index (χ4n) is 2.20. The molecular weight excluding hydrogens is 316 g/mol. The summed E-state index contributed by atoms with van der Waals surface area (Å²) in [5.41, 5.74) is 2.11. The third-order valence-corrected chi connectivity index (χ3v) is 3.51. The van der Waals surface area contributed by atoms with Crippen LogP contribution >= 0.6 is 0 Å². The molecule has 0 saturated carbocycles. The minimum Gasteiger partial charge on any atom is -0.352 e. The summed E-state index contributed by atoms with van der Waals surface area (Å²) in [4.78, 5) is 27.4. The summed E-state index contributed by atoms with van der Waals surface area (Å²) in [6.45, 7) is 6.37. The van der Waals surface area contributed by atoms with E-state index in [0.717, 1.165) is 17.8 Å². The Balaban J connectivity index is 1.98. The van der Waals surface area contributed by atoms with Crippen molar-refractivity contribution in [2.24, 2.45) is 5.92 Å². The van der Waals surface area contributed by atoms with Crippen LogP contribution in [0.5, 0.6) is 0 Å². The van der Waals surface area contributed by atoms with E-state index < -0.39 is 0 Å². The van der Waals surface area contributed by atoms with Gasteiger partial charge in [-0.25, -0.2) is 4.98 Å². The molecule has 0 aliphatic carbocycles. The molecule has 1 heterocycles. The number of rotatable bonds is 7. The highest BCUT2D eigenvalue weighted by atomic mass is 16.2. The van der Waals surface area contributed by atoms with Crippen molar-refractivity contribution in [2.75, 3.05) is 17.2 Å². The Morgan fingerprint density at radius 3 is 2.40 bits per heavy atom. The summed E-state index contributed by atoms with van der Waals surface area (Å²) >= 11 is 0. The number of hydrogen-bond donors (Lipinski definition) is 3. The smallest absolute Gasteiger partial charge is 0.251 e. The lowest BCUT2D eigenvalue weighted by atomic mass is 10.1. The van der Waals surface area contributed by atoms with Gasteiger partial charge in [0, 0.05) is 36.6 Å². The molecule has 25 heavy (non-hydrogen) atoms. The minimum absolute atomic E-state index is 0.105. The Morgan fingerprint density at radius 2 is 1.76 bits per heavy atom. The van der Waals surface area contributed by atoms with Crippen molar-refractivity contribution in [1.29, 1.82) is 0 Å². The lowest BCUT2D eigenvalue weighted by Crippen LogP contribution is -2.25. The monoisotopic (exact) mass is 340 g/mol. The van der Waals surface area contributed by atoms with Gasteiger partial charge in [-0.3, -0.25) is 9.59 Å². The van der Waals surface area contributed by atoms with Crippen LogP contribution in [0.4, 0.5) is 17.2 Å². The molecule has 0 aliphatic heterocycles. The van der Waals surface area contributed by atoms with Crippen molar-refractivity contribution in [3.8, 4) is 0 Å². The number of anilines is 3. The molecule has 0 aliphatic rings. The fourth-order valence-corrected chi connectivity index (χ4v) is 2.20. The maximum Gasteiger partial charge on any atom is 0.251 e. The molecule has 132 valence electrons. The predicted octanol–water partition coefficient (Wildman–Crippen LogP) is 3.56. The van der Waals surface area contributed by atoms with Crippen LogP contribution in [0.3, 0.4) is 0 Å². The van der Waals surface area contributed by atoms with Gasteiger partial charge in [0.25, 0.3) is 5.91 Å². The van der Waals surface area contributed by atoms with E-state index >= 15 is 0 Å². The normalized spacial score (nSPS) is 10.4. The van der Waals surface area contributed by atoms with E-state index in [-0.39, 0.29) is 11.8 Å². The molecule has 1 aromatic heterocycles. The number of aromatic nitrogens is 1. The predicted molar refractivity (Wildman–Crippen MR) is 100 cm³/mol. The van der Waals surface area contributed by atoms with E-state index in [1.54, 1.807) is 30.5 Å². The number of carbonyl (C=O) groups is 2. The van der Waals surface area contributed by atoms with Gasteiger partial charge in [0.2, 0.25) is 5.91 Å². The lowest BCUT2D eigenvalue weighted by molar-refractivity contribution is -0.114. The first kappa shape index (κ1) is 18.4. The molecule has 0 fully saturated rings. The zero-order chi connectivity index (χ0) is 18.2. The summed E-state index contributed by atoms with van der Waals surface area (Å²) in [5, 5.41) is 8.77. The number of nitrogens with zero attached hydrogens (tertiary/aromatic N) is 1. The number of carbonyl (C=O) groups excluding carboxylic acids is 2. The highest BCUT2D eigenvalue weighted by Gasteiger charge is 2.07. The summed E-state index contributed by atoms with van der Waals surface area (Å²) in [7, 11) is 0. The van der Waals surface area contributed by atoms with Crippen LogP contribution in [-0.2, 0) is 4.79 Å². The summed E-state index contributed by atoms with van der Waals surface area (Å²) in [6, 6.07) is 10.7. The molecule has 6 heteroatoms. The quantitative estimate of drug-likeness (QED) is 0.720. The maximum atomic E-state index is 12.2. The molecule has 0 radical (unpaired) electrons. The van der Waals surface area contributed by atoms with Crippen molar-refractivity contribution in [1.82, 2.24) is 10.3 Å². The Labute approximate surface area is 148 Å². The van der Waals surface area contributed by atoms with Crippen LogP contribution < -0.4 is 16.0 Å². The highest BCUT2D eigenvalue weighted by Crippen LogP contribution is 2.18.